The number of thiol groups is 2. The molecule has 0 saturated heterocycles. The fourth-order valence-corrected chi connectivity index (χ4v) is 0. The molecule has 0 aromatic carbocycles. The molecule has 5 heavy (non-hydrogen) atoms. The van der Waals surface area contributed by atoms with Crippen molar-refractivity contribution in [3.63, 3.8) is 0 Å². The van der Waals surface area contributed by atoms with Crippen molar-refractivity contribution in [1.82, 2.24) is 0 Å². The van der Waals surface area contributed by atoms with Gasteiger partial charge in [-0.05, 0) is 6.42 Å². The maximum Gasteiger partial charge on any atom is 0.0439 e. The molecule has 0 radical (unpaired) electrons. The third-order valence-electron chi connectivity index (χ3n) is 0.365. The Morgan fingerprint density at radius 2 is 1.80 bits per heavy atom. The fourth-order valence-electron chi connectivity index (χ4n) is 0. The van der Waals surface area contributed by atoms with E-state index in [-0.39, 0.29) is 4.58 Å². The lowest BCUT2D eigenvalue weighted by Crippen LogP contribution is -1.76. The molecule has 0 amide bonds. The molecule has 0 N–H and O–H groups in total. The van der Waals surface area contributed by atoms with Crippen molar-refractivity contribution in [3.8, 4) is 0 Å². The first-order chi connectivity index (χ1) is 2.27. The molecule has 0 fully saturated rings. The Balaban J connectivity index is 2.54. The maximum absolute atomic E-state index is 3.96. The van der Waals surface area contributed by atoms with Crippen LogP contribution in [0.15, 0.2) is 0 Å². The van der Waals surface area contributed by atoms with Gasteiger partial charge in [0.25, 0.3) is 0 Å². The Labute approximate surface area is 43.8 Å². The minimum Gasteiger partial charge on any atom is -0.165 e. The lowest BCUT2D eigenvalue weighted by molar-refractivity contribution is 1.07. The van der Waals surface area contributed by atoms with Crippen molar-refractivity contribution in [2.45, 2.75) is 17.9 Å². The molecule has 0 aliphatic rings. The summed E-state index contributed by atoms with van der Waals surface area (Å²) in [5.74, 6) is 0. The Kier molecular flexibility index (Phi) is 3.32. The van der Waals surface area contributed by atoms with Gasteiger partial charge in [-0.2, -0.15) is 25.3 Å². The van der Waals surface area contributed by atoms with E-state index < -0.39 is 0 Å². The van der Waals surface area contributed by atoms with E-state index in [9.17, 15) is 0 Å². The van der Waals surface area contributed by atoms with E-state index in [2.05, 4.69) is 25.3 Å². The first-order valence-corrected chi connectivity index (χ1v) is 2.66. The summed E-state index contributed by atoms with van der Waals surface area (Å²) in [6.45, 7) is 2.05. The molecule has 0 nitrogen and oxygen atoms in total. The van der Waals surface area contributed by atoms with Gasteiger partial charge in [-0.25, -0.2) is 0 Å². The van der Waals surface area contributed by atoms with Crippen molar-refractivity contribution >= 4 is 25.3 Å². The van der Waals surface area contributed by atoms with E-state index in [0.717, 1.165) is 6.42 Å². The van der Waals surface area contributed by atoms with Crippen LogP contribution in [-0.4, -0.2) is 4.58 Å². The molecule has 0 heterocycles. The van der Waals surface area contributed by atoms with Gasteiger partial charge < -0.3 is 0 Å². The monoisotopic (exact) mass is 108 g/mol. The Bertz CT molecular complexity index is 18.9. The molecule has 2 heteroatoms. The minimum atomic E-state index is 0.273. The highest BCUT2D eigenvalue weighted by Crippen LogP contribution is 2.01. The molecular formula is C3H8S2. The molecular weight excluding hydrogens is 100 g/mol. The first kappa shape index (κ1) is 5.70. The standard InChI is InChI=1S/C3H8S2/c1-2-3(4)5/h3-5H,2H2,1H3. The predicted octanol–water partition coefficient (Wildman–Crippen LogP) is 1.58. The maximum atomic E-state index is 3.96. The van der Waals surface area contributed by atoms with Gasteiger partial charge in [0, 0.05) is 4.58 Å². The van der Waals surface area contributed by atoms with Crippen LogP contribution in [0, 0.1) is 0 Å². The second-order valence-corrected chi connectivity index (χ2v) is 2.54. The van der Waals surface area contributed by atoms with Crippen molar-refractivity contribution in [1.29, 1.82) is 0 Å². The van der Waals surface area contributed by atoms with Crippen LogP contribution in [0.4, 0.5) is 0 Å². The lowest BCUT2D eigenvalue weighted by atomic mass is 10.6. The zero-order valence-electron chi connectivity index (χ0n) is 3.18. The molecule has 0 aromatic heterocycles. The molecule has 32 valence electrons. The van der Waals surface area contributed by atoms with Crippen molar-refractivity contribution in [3.05, 3.63) is 0 Å². The van der Waals surface area contributed by atoms with Crippen LogP contribution in [0.3, 0.4) is 0 Å². The van der Waals surface area contributed by atoms with E-state index in [0.29, 0.717) is 0 Å². The third-order valence-corrected chi connectivity index (χ3v) is 1.10. The molecule has 0 aliphatic carbocycles. The lowest BCUT2D eigenvalue weighted by Gasteiger charge is -1.89. The van der Waals surface area contributed by atoms with E-state index in [1.54, 1.807) is 0 Å². The van der Waals surface area contributed by atoms with Gasteiger partial charge in [-0.1, -0.05) is 6.92 Å². The summed E-state index contributed by atoms with van der Waals surface area (Å²) < 4.78 is 0.273. The van der Waals surface area contributed by atoms with Crippen LogP contribution in [-0.2, 0) is 0 Å². The Morgan fingerprint density at radius 3 is 1.80 bits per heavy atom. The zero-order valence-corrected chi connectivity index (χ0v) is 4.97. The highest BCUT2D eigenvalue weighted by molar-refractivity contribution is 7.99. The molecule has 0 bridgehead atoms. The van der Waals surface area contributed by atoms with Crippen LogP contribution < -0.4 is 0 Å². The molecule has 0 spiro atoms. The molecule has 0 atom stereocenters. The summed E-state index contributed by atoms with van der Waals surface area (Å²) in [5.41, 5.74) is 0. The van der Waals surface area contributed by atoms with Crippen LogP contribution in [0.1, 0.15) is 13.3 Å². The first-order valence-electron chi connectivity index (χ1n) is 1.63. The highest BCUT2D eigenvalue weighted by atomic mass is 32.2. The molecule has 0 aliphatic heterocycles. The third kappa shape index (κ3) is 4.70. The van der Waals surface area contributed by atoms with Gasteiger partial charge in [-0.15, -0.1) is 0 Å². The summed E-state index contributed by atoms with van der Waals surface area (Å²) in [4.78, 5) is 0. The Hall–Kier alpha value is 0.700. The largest absolute Gasteiger partial charge is 0.165 e. The van der Waals surface area contributed by atoms with Crippen LogP contribution in [0.2, 0.25) is 0 Å². The topological polar surface area (TPSA) is 0 Å². The minimum absolute atomic E-state index is 0.273. The van der Waals surface area contributed by atoms with Crippen LogP contribution in [0.5, 0.6) is 0 Å². The van der Waals surface area contributed by atoms with Gasteiger partial charge in [-0.3, -0.25) is 0 Å². The van der Waals surface area contributed by atoms with Gasteiger partial charge in [0.1, 0.15) is 0 Å². The molecule has 0 unspecified atom stereocenters. The average Bonchev–Trinajstić information content (AvgIpc) is 1.38. The molecule has 0 aromatic rings. The Morgan fingerprint density at radius 1 is 1.60 bits per heavy atom. The van der Waals surface area contributed by atoms with Gasteiger partial charge in [0.2, 0.25) is 0 Å². The second kappa shape index (κ2) is 2.91. The highest BCUT2D eigenvalue weighted by Gasteiger charge is 1.82. The van der Waals surface area contributed by atoms with Crippen LogP contribution in [0.25, 0.3) is 0 Å². The smallest absolute Gasteiger partial charge is 0.0439 e. The molecule has 0 saturated carbocycles. The van der Waals surface area contributed by atoms with Gasteiger partial charge in [0.15, 0.2) is 0 Å². The second-order valence-electron chi connectivity index (χ2n) is 0.889. The summed E-state index contributed by atoms with van der Waals surface area (Å²) in [6.07, 6.45) is 1.03. The summed E-state index contributed by atoms with van der Waals surface area (Å²) in [6, 6.07) is 0. The number of rotatable bonds is 1. The summed E-state index contributed by atoms with van der Waals surface area (Å²) in [7, 11) is 0. The summed E-state index contributed by atoms with van der Waals surface area (Å²) in [5, 5.41) is 0. The SMILES string of the molecule is CCC(S)S. The predicted molar refractivity (Wildman–Crippen MR) is 32.1 cm³/mol. The quantitative estimate of drug-likeness (QED) is 0.370. The van der Waals surface area contributed by atoms with Crippen molar-refractivity contribution in [2.24, 2.45) is 0 Å². The summed E-state index contributed by atoms with van der Waals surface area (Å²) >= 11 is 7.92. The van der Waals surface area contributed by atoms with Crippen molar-refractivity contribution < 1.29 is 0 Å². The zero-order chi connectivity index (χ0) is 4.28. The van der Waals surface area contributed by atoms with Crippen molar-refractivity contribution in [2.75, 3.05) is 0 Å². The van der Waals surface area contributed by atoms with Crippen LogP contribution >= 0.6 is 25.3 Å². The van der Waals surface area contributed by atoms with Gasteiger partial charge in [0.05, 0.1) is 0 Å². The van der Waals surface area contributed by atoms with E-state index >= 15 is 0 Å². The number of hydrogen-bond donors (Lipinski definition) is 2. The molecule has 0 rings (SSSR count). The normalized spacial score (nSPS) is 9.60. The average molecular weight is 108 g/mol. The van der Waals surface area contributed by atoms with Gasteiger partial charge >= 0.3 is 0 Å². The van der Waals surface area contributed by atoms with E-state index in [1.165, 1.54) is 0 Å². The van der Waals surface area contributed by atoms with E-state index in [4.69, 9.17) is 0 Å². The van der Waals surface area contributed by atoms with E-state index in [1.807, 2.05) is 6.92 Å². The number of hydrogen-bond acceptors (Lipinski definition) is 2. The fraction of sp³-hybridized carbons (Fsp3) is 1.00.